The van der Waals surface area contributed by atoms with E-state index in [-0.39, 0.29) is 177 Å². The fourth-order valence-corrected chi connectivity index (χ4v) is 0. The van der Waals surface area contributed by atoms with Crippen LogP contribution in [0, 0.1) is 0 Å². The van der Waals surface area contributed by atoms with Crippen LogP contribution in [0.4, 0.5) is 0 Å². The average Bonchev–Trinajstić information content (AvgIpc) is 1.19. The second-order valence-corrected chi connectivity index (χ2v) is 1.63. The minimum Gasteiger partial charge on any atom is -0.907 e. The molecule has 0 aromatic carbocycles. The third kappa shape index (κ3) is 178. The molecule has 0 amide bonds. The van der Waals surface area contributed by atoms with Crippen molar-refractivity contribution in [2.75, 3.05) is 0 Å². The predicted molar refractivity (Wildman–Crippen MR) is 13.4 cm³/mol. The summed E-state index contributed by atoms with van der Waals surface area (Å²) < 4.78 is 8.55. The summed E-state index contributed by atoms with van der Waals surface area (Å²) in [5.41, 5.74) is 0. The van der Waals surface area contributed by atoms with Gasteiger partial charge in [0.15, 0.2) is 0 Å². The summed E-state index contributed by atoms with van der Waals surface area (Å²) >= 11 is 0. The maximum Gasteiger partial charge on any atom is 1.00 e. The van der Waals surface area contributed by atoms with Crippen LogP contribution < -0.4 is 207 Å². The van der Waals surface area contributed by atoms with Crippen molar-refractivity contribution >= 4 is 15.1 Å². The molecule has 0 saturated carbocycles. The summed E-state index contributed by atoms with van der Waals surface area (Å²) in [6.45, 7) is 0. The summed E-state index contributed by atoms with van der Waals surface area (Å²) in [4.78, 5) is 25.6. The second kappa shape index (κ2) is 32.1. The molecular formula is BNa6O7P. The first kappa shape index (κ1) is 49.7. The van der Waals surface area contributed by atoms with Crippen molar-refractivity contribution in [2.24, 2.45) is 0 Å². The first-order chi connectivity index (χ1) is 3.73. The molecule has 0 aliphatic carbocycles. The van der Waals surface area contributed by atoms with Crippen molar-refractivity contribution in [2.45, 2.75) is 0 Å². The third-order valence-electron chi connectivity index (χ3n) is 0. The largest absolute Gasteiger partial charge is 1.00 e. The molecule has 0 radical (unpaired) electrons. The summed E-state index contributed by atoms with van der Waals surface area (Å²) in [6.07, 6.45) is 0. The van der Waals surface area contributed by atoms with Gasteiger partial charge in [-0.25, -0.2) is 0 Å². The van der Waals surface area contributed by atoms with E-state index in [9.17, 15) is 0 Å². The second-order valence-electron chi connectivity index (χ2n) is 0.736. The van der Waals surface area contributed by atoms with Gasteiger partial charge in [-0.05, 0) is 0 Å². The Balaban J connectivity index is -0.00000000785. The molecule has 0 heterocycles. The molecular weight excluding hydrogens is 292 g/mol. The van der Waals surface area contributed by atoms with Crippen LogP contribution in [0.1, 0.15) is 0 Å². The van der Waals surface area contributed by atoms with E-state index in [1.165, 1.54) is 0 Å². The molecule has 0 aromatic heterocycles. The Labute approximate surface area is 221 Å². The molecule has 0 bridgehead atoms. The number of hydrogen-bond donors (Lipinski definition) is 0. The van der Waals surface area contributed by atoms with Crippen LogP contribution in [0.3, 0.4) is 0 Å². The molecule has 0 N–H and O–H groups in total. The van der Waals surface area contributed by atoms with E-state index < -0.39 is 15.1 Å². The van der Waals surface area contributed by atoms with Gasteiger partial charge in [-0.15, -0.1) is 0 Å². The maximum absolute atomic E-state index is 8.55. The Morgan fingerprint density at radius 3 is 0.667 bits per heavy atom. The van der Waals surface area contributed by atoms with Crippen LogP contribution in [0.2, 0.25) is 0 Å². The van der Waals surface area contributed by atoms with Gasteiger partial charge in [-0.1, -0.05) is 0 Å². The van der Waals surface area contributed by atoms with Crippen LogP contribution in [0.25, 0.3) is 0 Å². The first-order valence-corrected chi connectivity index (χ1v) is 2.90. The first-order valence-electron chi connectivity index (χ1n) is 1.44. The van der Waals surface area contributed by atoms with E-state index in [4.69, 9.17) is 34.3 Å². The van der Waals surface area contributed by atoms with Gasteiger partial charge in [0, 0.05) is 0 Å². The average molecular weight is 292 g/mol. The van der Waals surface area contributed by atoms with Gasteiger partial charge in [0.1, 0.15) is 0 Å². The number of hydrogen-bond acceptors (Lipinski definition) is 7. The zero-order valence-electron chi connectivity index (χ0n) is 9.88. The normalized spacial score (nSPS) is 5.73. The molecule has 0 saturated heterocycles. The molecule has 0 aliphatic heterocycles. The molecule has 0 atom stereocenters. The van der Waals surface area contributed by atoms with Gasteiger partial charge >= 0.3 is 177 Å². The summed E-state index contributed by atoms with van der Waals surface area (Å²) in [7, 11) is -8.31. The van der Waals surface area contributed by atoms with Gasteiger partial charge < -0.3 is 34.3 Å². The van der Waals surface area contributed by atoms with Crippen molar-refractivity contribution in [1.29, 1.82) is 0 Å². The van der Waals surface area contributed by atoms with Gasteiger partial charge in [-0.3, -0.25) is 7.32 Å². The molecule has 56 valence electrons. The zero-order valence-corrected chi connectivity index (χ0v) is 22.8. The van der Waals surface area contributed by atoms with E-state index in [1.807, 2.05) is 0 Å². The van der Waals surface area contributed by atoms with Gasteiger partial charge in [0.05, 0.1) is 0 Å². The van der Waals surface area contributed by atoms with E-state index >= 15 is 0 Å². The van der Waals surface area contributed by atoms with Crippen molar-refractivity contribution < 1.29 is 212 Å². The van der Waals surface area contributed by atoms with Gasteiger partial charge in [-0.2, -0.15) is 7.82 Å². The van der Waals surface area contributed by atoms with Crippen molar-refractivity contribution in [3.8, 4) is 0 Å². The van der Waals surface area contributed by atoms with Crippen LogP contribution >= 0.6 is 7.82 Å². The molecule has 0 aromatic rings. The molecule has 7 nitrogen and oxygen atoms in total. The Kier molecular flexibility index (Phi) is 106. The topological polar surface area (TPSA) is 155 Å². The third-order valence-corrected chi connectivity index (χ3v) is 0. The minimum absolute atomic E-state index is 0. The Morgan fingerprint density at radius 1 is 0.667 bits per heavy atom. The smallest absolute Gasteiger partial charge is 0.907 e. The molecule has 15 heavy (non-hydrogen) atoms. The van der Waals surface area contributed by atoms with E-state index in [0.717, 1.165) is 0 Å². The Hall–Kier alpha value is 6.05. The van der Waals surface area contributed by atoms with Crippen LogP contribution in [0.5, 0.6) is 0 Å². The Bertz CT molecular complexity index is 94.6. The van der Waals surface area contributed by atoms with Crippen molar-refractivity contribution in [1.82, 2.24) is 0 Å². The molecule has 0 unspecified atom stereocenters. The van der Waals surface area contributed by atoms with E-state index in [2.05, 4.69) is 0 Å². The van der Waals surface area contributed by atoms with Crippen molar-refractivity contribution in [3.63, 3.8) is 0 Å². The molecule has 0 spiro atoms. The molecule has 15 heteroatoms. The summed E-state index contributed by atoms with van der Waals surface area (Å²) in [6, 6.07) is 0. The summed E-state index contributed by atoms with van der Waals surface area (Å²) in [5.74, 6) is 0. The fraction of sp³-hybridized carbons (Fsp3) is 0. The number of rotatable bonds is 0. The van der Waals surface area contributed by atoms with Crippen LogP contribution in [-0.2, 0) is 4.57 Å². The SMILES string of the molecule is O=P([O-])([O-])[O-].[Na+].[Na+].[Na+].[Na+].[Na+].[Na+].[O-]B([O-])[O-]. The fourth-order valence-electron chi connectivity index (χ4n) is 0. The monoisotopic (exact) mass is 292 g/mol. The van der Waals surface area contributed by atoms with E-state index in [0.29, 0.717) is 0 Å². The minimum atomic E-state index is -5.39. The quantitative estimate of drug-likeness (QED) is 0.317. The van der Waals surface area contributed by atoms with Gasteiger partial charge in [0.2, 0.25) is 0 Å². The van der Waals surface area contributed by atoms with Gasteiger partial charge in [0.25, 0.3) is 0 Å². The maximum atomic E-state index is 8.55. The standard InChI is InChI=1S/BO3.6Na.H3O4P/c2-1(3)4;;;;;;;1-5(2,3)4/h;;;;;;;(H3,1,2,3,4)/q-3;6*+1;/p-3. The molecule has 0 aliphatic rings. The van der Waals surface area contributed by atoms with Crippen LogP contribution in [-0.4, -0.2) is 7.32 Å². The van der Waals surface area contributed by atoms with Crippen molar-refractivity contribution in [3.05, 3.63) is 0 Å². The number of phosphoric acid groups is 1. The van der Waals surface area contributed by atoms with E-state index in [1.54, 1.807) is 0 Å². The predicted octanol–water partition coefficient (Wildman–Crippen LogP) is -24.7. The zero-order chi connectivity index (χ0) is 8.08. The molecule has 0 rings (SSSR count). The summed E-state index contributed by atoms with van der Waals surface area (Å²) in [5, 5.41) is 25.2. The van der Waals surface area contributed by atoms with Crippen LogP contribution in [0.15, 0.2) is 0 Å². The Morgan fingerprint density at radius 2 is 0.667 bits per heavy atom. The molecule has 0 fully saturated rings.